The van der Waals surface area contributed by atoms with Gasteiger partial charge in [-0.3, -0.25) is 9.59 Å². The van der Waals surface area contributed by atoms with E-state index in [1.54, 1.807) is 76.2 Å². The summed E-state index contributed by atoms with van der Waals surface area (Å²) in [5.74, 6) is -8.76. The normalized spacial score (nSPS) is 43.5. The van der Waals surface area contributed by atoms with Gasteiger partial charge in [0.25, 0.3) is 5.97 Å². The van der Waals surface area contributed by atoms with Gasteiger partial charge < -0.3 is 43.4 Å². The van der Waals surface area contributed by atoms with E-state index in [0.29, 0.717) is 5.57 Å². The van der Waals surface area contributed by atoms with Crippen LogP contribution in [0, 0.1) is 23.7 Å². The highest BCUT2D eigenvalue weighted by atomic mass is 16.9. The van der Waals surface area contributed by atoms with Gasteiger partial charge in [0.2, 0.25) is 0 Å². The Hall–Kier alpha value is -4.14. The minimum atomic E-state index is -2.41. The Morgan fingerprint density at radius 1 is 0.755 bits per heavy atom. The van der Waals surface area contributed by atoms with Gasteiger partial charge in [-0.25, -0.2) is 9.59 Å². The molecule has 53 heavy (non-hydrogen) atoms. The lowest BCUT2D eigenvalue weighted by Crippen LogP contribution is -2.77. The van der Waals surface area contributed by atoms with Crippen LogP contribution in [0.25, 0.3) is 0 Å². The van der Waals surface area contributed by atoms with Gasteiger partial charge in [-0.1, -0.05) is 56.8 Å². The minimum Gasteiger partial charge on any atom is -0.459 e. The summed E-state index contributed by atoms with van der Waals surface area (Å²) >= 11 is 0. The number of ether oxygens (including phenoxy) is 7. The lowest BCUT2D eigenvalue weighted by atomic mass is 9.52. The van der Waals surface area contributed by atoms with Crippen molar-refractivity contribution in [1.29, 1.82) is 0 Å². The third-order valence-corrected chi connectivity index (χ3v) is 12.2. The third-order valence-electron chi connectivity index (χ3n) is 12.2. The summed E-state index contributed by atoms with van der Waals surface area (Å²) in [5, 5.41) is 26.5. The lowest BCUT2D eigenvalue weighted by molar-refractivity contribution is -0.429. The molecule has 13 nitrogen and oxygen atoms in total. The van der Waals surface area contributed by atoms with Crippen LogP contribution in [0.5, 0.6) is 0 Å². The molecule has 2 saturated heterocycles. The molecular formula is C40H46O13. The Bertz CT molecular complexity index is 1830. The Morgan fingerprint density at radius 2 is 1.28 bits per heavy atom. The van der Waals surface area contributed by atoms with Gasteiger partial charge in [0, 0.05) is 32.6 Å². The number of carbonyl (C=O) groups excluding carboxylic acids is 4. The van der Waals surface area contributed by atoms with E-state index in [1.165, 1.54) is 32.9 Å². The van der Waals surface area contributed by atoms with E-state index in [2.05, 4.69) is 6.58 Å². The van der Waals surface area contributed by atoms with Gasteiger partial charge >= 0.3 is 23.9 Å². The molecule has 2 N–H and O–H groups in total. The van der Waals surface area contributed by atoms with Crippen LogP contribution in [-0.2, 0) is 42.7 Å². The van der Waals surface area contributed by atoms with Crippen LogP contribution in [0.15, 0.2) is 72.8 Å². The highest BCUT2D eigenvalue weighted by Crippen LogP contribution is 2.71. The third kappa shape index (κ3) is 5.22. The summed E-state index contributed by atoms with van der Waals surface area (Å²) in [5.41, 5.74) is -7.39. The summed E-state index contributed by atoms with van der Waals surface area (Å²) in [6, 6.07) is 16.4. The Morgan fingerprint density at radius 3 is 1.81 bits per heavy atom. The molecule has 0 aromatic heterocycles. The Labute approximate surface area is 307 Å². The predicted molar refractivity (Wildman–Crippen MR) is 184 cm³/mol. The second kappa shape index (κ2) is 12.5. The second-order valence-electron chi connectivity index (χ2n) is 15.6. The number of esters is 4. The van der Waals surface area contributed by atoms with Crippen molar-refractivity contribution in [3.05, 3.63) is 83.9 Å². The molecular weight excluding hydrogens is 688 g/mol. The zero-order valence-electron chi connectivity index (χ0n) is 30.8. The van der Waals surface area contributed by atoms with Gasteiger partial charge in [0.05, 0.1) is 22.6 Å². The van der Waals surface area contributed by atoms with Crippen LogP contribution in [0.4, 0.5) is 0 Å². The zero-order chi connectivity index (χ0) is 38.5. The molecule has 2 aromatic carbocycles. The van der Waals surface area contributed by atoms with Crippen molar-refractivity contribution in [2.45, 2.75) is 114 Å². The second-order valence-corrected chi connectivity index (χ2v) is 15.6. The molecule has 0 amide bonds. The molecule has 5 fully saturated rings. The maximum absolute atomic E-state index is 13.9. The minimum absolute atomic E-state index is 0.0970. The van der Waals surface area contributed by atoms with Gasteiger partial charge in [-0.05, 0) is 56.0 Å². The van der Waals surface area contributed by atoms with E-state index in [9.17, 15) is 29.4 Å². The molecule has 0 unspecified atom stereocenters. The molecule has 3 bridgehead atoms. The van der Waals surface area contributed by atoms with Crippen LogP contribution < -0.4 is 0 Å². The summed E-state index contributed by atoms with van der Waals surface area (Å²) in [6.07, 6.45) is -7.12. The van der Waals surface area contributed by atoms with Crippen LogP contribution in [0.2, 0.25) is 0 Å². The molecule has 2 heterocycles. The van der Waals surface area contributed by atoms with Gasteiger partial charge in [0.15, 0.2) is 11.7 Å². The van der Waals surface area contributed by atoms with Gasteiger partial charge in [-0.2, -0.15) is 0 Å². The Kier molecular flexibility index (Phi) is 8.74. The van der Waals surface area contributed by atoms with Crippen molar-refractivity contribution >= 4 is 23.9 Å². The topological polar surface area (TPSA) is 173 Å². The van der Waals surface area contributed by atoms with E-state index in [1.807, 2.05) is 0 Å². The summed E-state index contributed by atoms with van der Waals surface area (Å²) < 4.78 is 44.9. The van der Waals surface area contributed by atoms with Crippen LogP contribution in [-0.4, -0.2) is 93.0 Å². The van der Waals surface area contributed by atoms with Gasteiger partial charge in [-0.15, -0.1) is 0 Å². The number of carbonyl (C=O) groups is 4. The molecule has 13 heteroatoms. The van der Waals surface area contributed by atoms with E-state index in [0.717, 1.165) is 0 Å². The molecule has 0 spiro atoms. The highest BCUT2D eigenvalue weighted by Gasteiger charge is 2.88. The molecule has 3 aliphatic carbocycles. The fraction of sp³-hybridized carbons (Fsp3) is 0.550. The van der Waals surface area contributed by atoms with Gasteiger partial charge in [0.1, 0.15) is 35.6 Å². The van der Waals surface area contributed by atoms with E-state index >= 15 is 0 Å². The van der Waals surface area contributed by atoms with Crippen LogP contribution in [0.1, 0.15) is 75.6 Å². The molecule has 3 saturated carbocycles. The standard InChI is InChI=1S/C40H46O13/c1-20(2)39-30(49-33(43)25-15-11-9-12-16-25)22(4)40-27-19-21(3)29(47-23(5)41)38(27,46)35(50-34(44)26-17-13-10-14-18-26)36(7,45)31(48-24(6)42)28(40)32(39)51-37(8,52-39)53-40/h9-18,21-22,27-32,35,45-46H,1,19H2,2-8H3/t21-,22+,27+,28-,29-,30-,31-,32+,35+,36+,37+,38+,39-,40-/m0/s1. The molecule has 14 atom stereocenters. The first-order valence-corrected chi connectivity index (χ1v) is 17.9. The number of benzene rings is 2. The fourth-order valence-corrected chi connectivity index (χ4v) is 10.4. The number of fused-ring (bicyclic) bond motifs is 2. The zero-order valence-corrected chi connectivity index (χ0v) is 30.8. The summed E-state index contributed by atoms with van der Waals surface area (Å²) in [7, 11) is 0. The first kappa shape index (κ1) is 37.2. The van der Waals surface area contributed by atoms with Crippen molar-refractivity contribution in [2.24, 2.45) is 23.7 Å². The monoisotopic (exact) mass is 734 g/mol. The van der Waals surface area contributed by atoms with Crippen LogP contribution >= 0.6 is 0 Å². The van der Waals surface area contributed by atoms with E-state index in [-0.39, 0.29) is 17.5 Å². The average molecular weight is 735 g/mol. The van der Waals surface area contributed by atoms with Crippen molar-refractivity contribution in [2.75, 3.05) is 0 Å². The summed E-state index contributed by atoms with van der Waals surface area (Å²) in [4.78, 5) is 53.7. The van der Waals surface area contributed by atoms with Crippen LogP contribution in [0.3, 0.4) is 0 Å². The molecule has 2 aliphatic heterocycles. The molecule has 0 radical (unpaired) electrons. The maximum atomic E-state index is 13.9. The quantitative estimate of drug-likeness (QED) is 0.239. The lowest BCUT2D eigenvalue weighted by Gasteiger charge is -2.62. The first-order valence-electron chi connectivity index (χ1n) is 17.9. The fourth-order valence-electron chi connectivity index (χ4n) is 10.4. The number of aliphatic hydroxyl groups is 2. The smallest absolute Gasteiger partial charge is 0.338 e. The molecule has 5 aliphatic rings. The predicted octanol–water partition coefficient (Wildman–Crippen LogP) is 3.89. The number of hydrogen-bond acceptors (Lipinski definition) is 13. The Balaban J connectivity index is 1.50. The maximum Gasteiger partial charge on any atom is 0.338 e. The highest BCUT2D eigenvalue weighted by molar-refractivity contribution is 5.90. The first-order chi connectivity index (χ1) is 24.8. The summed E-state index contributed by atoms with van der Waals surface area (Å²) in [6.45, 7) is 14.7. The van der Waals surface area contributed by atoms with Crippen molar-refractivity contribution in [3.8, 4) is 0 Å². The van der Waals surface area contributed by atoms with Crippen molar-refractivity contribution < 1.29 is 62.5 Å². The average Bonchev–Trinajstić information content (AvgIpc) is 3.47. The molecule has 284 valence electrons. The van der Waals surface area contributed by atoms with E-state index in [4.69, 9.17) is 33.2 Å². The molecule has 2 aromatic rings. The van der Waals surface area contributed by atoms with Crippen molar-refractivity contribution in [3.63, 3.8) is 0 Å². The number of hydrogen-bond donors (Lipinski definition) is 2. The van der Waals surface area contributed by atoms with Crippen molar-refractivity contribution in [1.82, 2.24) is 0 Å². The number of rotatable bonds is 7. The van der Waals surface area contributed by atoms with E-state index < -0.39 is 106 Å². The SMILES string of the molecule is C=C(C)[C@@]12O[C@@]3(C)O[C@@H]1[C@@H]1[C@H](OC(C)=O)[C@@](C)(O)[C@@H](OC(=O)c4ccccc4)[C@@]4(O)[C@@H](C[C@H](C)[C@@H]4OC(C)=O)[C@@]1(O3)[C@H](C)[C@@H]2OC(=O)c1ccccc1. The largest absolute Gasteiger partial charge is 0.459 e. The molecule has 7 rings (SSSR count).